The smallest absolute Gasteiger partial charge is 0.281 e. The second-order valence-electron chi connectivity index (χ2n) is 5.91. The molecule has 1 amide bonds. The van der Waals surface area contributed by atoms with Gasteiger partial charge in [0.15, 0.2) is 5.17 Å². The first-order valence-corrected chi connectivity index (χ1v) is 8.85. The number of hydrogen-bond donors (Lipinski definition) is 2. The summed E-state index contributed by atoms with van der Waals surface area (Å²) in [4.78, 5) is 26.2. The lowest BCUT2D eigenvalue weighted by Gasteiger charge is -2.27. The molecular formula is C16H18N4O2S. The standard InChI is InChI=1S/C16H18N4O2S/c21-13-5-1-4-12(13)20-7-8-23-16(20)19-15(22)11-9-18-14-10(11)3-2-6-17-14/h2-3,6,9,12-13,21H,1,4-5,7-8H2,(H,17,18). The van der Waals surface area contributed by atoms with Crippen molar-refractivity contribution in [2.75, 3.05) is 12.3 Å². The minimum Gasteiger partial charge on any atom is -0.391 e. The lowest BCUT2D eigenvalue weighted by molar-refractivity contribution is 0.0992. The van der Waals surface area contributed by atoms with Crippen LogP contribution in [0.15, 0.2) is 29.5 Å². The molecule has 0 aromatic carbocycles. The molecule has 2 aromatic rings. The van der Waals surface area contributed by atoms with Crippen LogP contribution in [0.4, 0.5) is 0 Å². The molecule has 2 atom stereocenters. The van der Waals surface area contributed by atoms with Crippen molar-refractivity contribution in [1.29, 1.82) is 0 Å². The van der Waals surface area contributed by atoms with Gasteiger partial charge in [0.05, 0.1) is 17.7 Å². The number of aromatic nitrogens is 2. The number of H-pyrrole nitrogens is 1. The highest BCUT2D eigenvalue weighted by molar-refractivity contribution is 8.14. The Balaban J connectivity index is 1.62. The summed E-state index contributed by atoms with van der Waals surface area (Å²) in [7, 11) is 0. The van der Waals surface area contributed by atoms with Crippen molar-refractivity contribution >= 4 is 33.9 Å². The van der Waals surface area contributed by atoms with Gasteiger partial charge in [-0.2, -0.15) is 4.99 Å². The number of carbonyl (C=O) groups excluding carboxylic acids is 1. The van der Waals surface area contributed by atoms with Gasteiger partial charge in [0.1, 0.15) is 5.65 Å². The topological polar surface area (TPSA) is 81.6 Å². The molecule has 6 nitrogen and oxygen atoms in total. The molecule has 2 fully saturated rings. The second-order valence-corrected chi connectivity index (χ2v) is 6.97. The van der Waals surface area contributed by atoms with Crippen molar-refractivity contribution in [3.8, 4) is 0 Å². The Morgan fingerprint density at radius 3 is 3.22 bits per heavy atom. The predicted molar refractivity (Wildman–Crippen MR) is 90.7 cm³/mol. The lowest BCUT2D eigenvalue weighted by Crippen LogP contribution is -2.41. The number of nitrogens with zero attached hydrogens (tertiary/aromatic N) is 3. The van der Waals surface area contributed by atoms with E-state index in [1.807, 2.05) is 12.1 Å². The van der Waals surface area contributed by atoms with Gasteiger partial charge in [-0.3, -0.25) is 4.79 Å². The fourth-order valence-electron chi connectivity index (χ4n) is 3.38. The van der Waals surface area contributed by atoms with Crippen LogP contribution in [-0.4, -0.2) is 55.5 Å². The van der Waals surface area contributed by atoms with Crippen molar-refractivity contribution in [1.82, 2.24) is 14.9 Å². The SMILES string of the molecule is O=C(N=C1SCCN1C1CCCC1O)c1c[nH]c2ncccc12. The Morgan fingerprint density at radius 2 is 2.39 bits per heavy atom. The molecule has 0 bridgehead atoms. The first kappa shape index (κ1) is 14.7. The monoisotopic (exact) mass is 330 g/mol. The molecule has 23 heavy (non-hydrogen) atoms. The highest BCUT2D eigenvalue weighted by Gasteiger charge is 2.35. The quantitative estimate of drug-likeness (QED) is 0.880. The third-order valence-corrected chi connectivity index (χ3v) is 5.50. The largest absolute Gasteiger partial charge is 0.391 e. The number of thioether (sulfide) groups is 1. The second kappa shape index (κ2) is 5.98. The zero-order valence-electron chi connectivity index (χ0n) is 12.6. The highest BCUT2D eigenvalue weighted by Crippen LogP contribution is 2.30. The van der Waals surface area contributed by atoms with Gasteiger partial charge in [-0.15, -0.1) is 0 Å². The fourth-order valence-corrected chi connectivity index (χ4v) is 4.39. The Hall–Kier alpha value is -1.86. The molecule has 1 aliphatic carbocycles. The number of nitrogens with one attached hydrogen (secondary N) is 1. The van der Waals surface area contributed by atoms with Crippen LogP contribution in [0.1, 0.15) is 29.6 Å². The third kappa shape index (κ3) is 2.64. The molecule has 7 heteroatoms. The average Bonchev–Trinajstić information content (AvgIpc) is 3.26. The Morgan fingerprint density at radius 1 is 1.48 bits per heavy atom. The average molecular weight is 330 g/mol. The van der Waals surface area contributed by atoms with E-state index in [0.29, 0.717) is 11.2 Å². The minimum atomic E-state index is -0.314. The van der Waals surface area contributed by atoms with E-state index in [1.165, 1.54) is 0 Å². The van der Waals surface area contributed by atoms with E-state index in [4.69, 9.17) is 0 Å². The molecule has 3 heterocycles. The number of amides is 1. The predicted octanol–water partition coefficient (Wildman–Crippen LogP) is 2.02. The van der Waals surface area contributed by atoms with E-state index >= 15 is 0 Å². The number of aliphatic hydroxyl groups excluding tert-OH is 1. The molecule has 2 N–H and O–H groups in total. The first-order valence-electron chi connectivity index (χ1n) is 7.86. The van der Waals surface area contributed by atoms with Crippen molar-refractivity contribution in [2.24, 2.45) is 4.99 Å². The van der Waals surface area contributed by atoms with E-state index < -0.39 is 0 Å². The normalized spacial score (nSPS) is 26.5. The summed E-state index contributed by atoms with van der Waals surface area (Å²) in [5.41, 5.74) is 1.23. The third-order valence-electron chi connectivity index (χ3n) is 4.53. The maximum absolute atomic E-state index is 12.6. The van der Waals surface area contributed by atoms with Gasteiger partial charge in [-0.25, -0.2) is 4.98 Å². The summed E-state index contributed by atoms with van der Waals surface area (Å²) in [5.74, 6) is 0.649. The van der Waals surface area contributed by atoms with Crippen LogP contribution >= 0.6 is 11.8 Å². The number of aromatic amines is 1. The van der Waals surface area contributed by atoms with Crippen LogP contribution in [0.3, 0.4) is 0 Å². The fraction of sp³-hybridized carbons (Fsp3) is 0.438. The van der Waals surface area contributed by atoms with Gasteiger partial charge in [0.2, 0.25) is 0 Å². The maximum Gasteiger partial charge on any atom is 0.281 e. The first-order chi connectivity index (χ1) is 11.2. The molecular weight excluding hydrogens is 312 g/mol. The van der Waals surface area contributed by atoms with Crippen LogP contribution in [-0.2, 0) is 0 Å². The van der Waals surface area contributed by atoms with Crippen LogP contribution in [0.5, 0.6) is 0 Å². The van der Waals surface area contributed by atoms with E-state index in [2.05, 4.69) is 19.9 Å². The minimum absolute atomic E-state index is 0.0983. The van der Waals surface area contributed by atoms with E-state index in [0.717, 1.165) is 42.1 Å². The van der Waals surface area contributed by atoms with Gasteiger partial charge < -0.3 is 15.0 Å². The van der Waals surface area contributed by atoms with Gasteiger partial charge >= 0.3 is 0 Å². The molecule has 2 unspecified atom stereocenters. The van der Waals surface area contributed by atoms with Crippen LogP contribution in [0.25, 0.3) is 11.0 Å². The zero-order chi connectivity index (χ0) is 15.8. The summed E-state index contributed by atoms with van der Waals surface area (Å²) >= 11 is 1.59. The van der Waals surface area contributed by atoms with Crippen LogP contribution in [0.2, 0.25) is 0 Å². The molecule has 0 radical (unpaired) electrons. The molecule has 120 valence electrons. The molecule has 1 saturated heterocycles. The molecule has 2 aromatic heterocycles. The van der Waals surface area contributed by atoms with Crippen molar-refractivity contribution in [3.05, 3.63) is 30.1 Å². The Kier molecular flexibility index (Phi) is 3.82. The van der Waals surface area contributed by atoms with Crippen LogP contribution < -0.4 is 0 Å². The van der Waals surface area contributed by atoms with E-state index in [9.17, 15) is 9.90 Å². The van der Waals surface area contributed by atoms with Crippen LogP contribution in [0, 0.1) is 0 Å². The molecule has 0 spiro atoms. The lowest BCUT2D eigenvalue weighted by atomic mass is 10.2. The molecule has 1 aliphatic heterocycles. The number of aliphatic imine (C=N–C) groups is 1. The van der Waals surface area contributed by atoms with Crippen molar-refractivity contribution < 1.29 is 9.90 Å². The van der Waals surface area contributed by atoms with Gasteiger partial charge in [0, 0.05) is 30.1 Å². The Bertz CT molecular complexity index is 772. The molecule has 1 saturated carbocycles. The number of hydrogen-bond acceptors (Lipinski definition) is 4. The number of amidine groups is 1. The van der Waals surface area contributed by atoms with Gasteiger partial charge in [-0.1, -0.05) is 11.8 Å². The maximum atomic E-state index is 12.6. The van der Waals surface area contributed by atoms with Crippen molar-refractivity contribution in [2.45, 2.75) is 31.4 Å². The number of carbonyl (C=O) groups is 1. The summed E-state index contributed by atoms with van der Waals surface area (Å²) in [6, 6.07) is 3.78. The number of fused-ring (bicyclic) bond motifs is 1. The van der Waals surface area contributed by atoms with Gasteiger partial charge in [0.25, 0.3) is 5.91 Å². The summed E-state index contributed by atoms with van der Waals surface area (Å²) in [6.07, 6.45) is 5.87. The van der Waals surface area contributed by atoms with Gasteiger partial charge in [-0.05, 0) is 31.4 Å². The summed E-state index contributed by atoms with van der Waals surface area (Å²) in [6.45, 7) is 0.841. The Labute approximate surface area is 138 Å². The highest BCUT2D eigenvalue weighted by atomic mass is 32.2. The van der Waals surface area contributed by atoms with E-state index in [1.54, 1.807) is 24.2 Å². The number of rotatable bonds is 2. The molecule has 4 rings (SSSR count). The number of pyridine rings is 1. The summed E-state index contributed by atoms with van der Waals surface area (Å²) < 4.78 is 0. The van der Waals surface area contributed by atoms with E-state index in [-0.39, 0.29) is 18.1 Å². The zero-order valence-corrected chi connectivity index (χ0v) is 13.4. The van der Waals surface area contributed by atoms with Crippen molar-refractivity contribution in [3.63, 3.8) is 0 Å². The number of aliphatic hydroxyl groups is 1. The molecule has 2 aliphatic rings. The summed E-state index contributed by atoms with van der Waals surface area (Å²) in [5, 5.41) is 11.6.